The molecule has 8 heteroatoms. The number of hydrogen-bond donors (Lipinski definition) is 0. The van der Waals surface area contributed by atoms with E-state index in [0.717, 1.165) is 39.5 Å². The van der Waals surface area contributed by atoms with E-state index in [2.05, 4.69) is 6.58 Å². The van der Waals surface area contributed by atoms with Crippen LogP contribution in [0, 0.1) is 41.5 Å². The Morgan fingerprint density at radius 3 is 1.62 bits per heavy atom. The second kappa shape index (κ2) is 14.3. The first kappa shape index (κ1) is 31.8. The summed E-state index contributed by atoms with van der Waals surface area (Å²) in [4.78, 5) is 50.2. The van der Waals surface area contributed by atoms with E-state index >= 15 is 0 Å². The van der Waals surface area contributed by atoms with Crippen molar-refractivity contribution in [3.8, 4) is 11.5 Å². The minimum atomic E-state index is -0.767. The minimum Gasteiger partial charge on any atom is -0.463 e. The van der Waals surface area contributed by atoms with Crippen LogP contribution < -0.4 is 9.47 Å². The van der Waals surface area contributed by atoms with Gasteiger partial charge in [0.15, 0.2) is 0 Å². The van der Waals surface area contributed by atoms with Crippen LogP contribution >= 0.6 is 0 Å². The standard InChI is InChI=1S/C34H36O8/c1-8-31(35)39-13-9-10-14-40-34(38)29-19-28(41-32(36)26-15-20(2)24(6)21(3)16-26)11-12-30(29)42-33(37)27-17-22(4)25(7)23(5)18-27/h8,11-12,15-19H,1,9-10,13-14H2,2-7H3. The van der Waals surface area contributed by atoms with Crippen LogP contribution in [-0.4, -0.2) is 37.1 Å². The first-order chi connectivity index (χ1) is 19.9. The summed E-state index contributed by atoms with van der Waals surface area (Å²) in [5, 5.41) is 0. The average molecular weight is 573 g/mol. The fraction of sp³-hybridized carbons (Fsp3) is 0.294. The van der Waals surface area contributed by atoms with Crippen LogP contribution in [0.15, 0.2) is 55.1 Å². The second-order valence-electron chi connectivity index (χ2n) is 10.1. The summed E-state index contributed by atoms with van der Waals surface area (Å²) in [7, 11) is 0. The normalized spacial score (nSPS) is 10.5. The Morgan fingerprint density at radius 1 is 0.643 bits per heavy atom. The number of esters is 4. The van der Waals surface area contributed by atoms with E-state index in [0.29, 0.717) is 24.0 Å². The maximum Gasteiger partial charge on any atom is 0.343 e. The molecular formula is C34H36O8. The number of benzene rings is 3. The number of aryl methyl sites for hydroxylation is 4. The molecule has 3 aromatic rings. The molecule has 220 valence electrons. The first-order valence-electron chi connectivity index (χ1n) is 13.6. The topological polar surface area (TPSA) is 105 Å². The third-order valence-electron chi connectivity index (χ3n) is 7.09. The Balaban J connectivity index is 1.82. The molecule has 0 heterocycles. The van der Waals surface area contributed by atoms with Crippen LogP contribution in [-0.2, 0) is 14.3 Å². The van der Waals surface area contributed by atoms with Gasteiger partial charge in [-0.1, -0.05) is 6.58 Å². The lowest BCUT2D eigenvalue weighted by atomic mass is 10.0. The van der Waals surface area contributed by atoms with Crippen LogP contribution in [0.25, 0.3) is 0 Å². The van der Waals surface area contributed by atoms with Crippen LogP contribution in [0.4, 0.5) is 0 Å². The highest BCUT2D eigenvalue weighted by Gasteiger charge is 2.21. The smallest absolute Gasteiger partial charge is 0.343 e. The first-order valence-corrected chi connectivity index (χ1v) is 13.6. The van der Waals surface area contributed by atoms with Gasteiger partial charge in [0.05, 0.1) is 24.3 Å². The zero-order valence-corrected chi connectivity index (χ0v) is 24.9. The Hall–Kier alpha value is -4.72. The average Bonchev–Trinajstić information content (AvgIpc) is 2.96. The van der Waals surface area contributed by atoms with Gasteiger partial charge in [-0.05, 0) is 130 Å². The number of ether oxygens (including phenoxy) is 4. The molecule has 0 aromatic heterocycles. The third-order valence-corrected chi connectivity index (χ3v) is 7.09. The maximum atomic E-state index is 13.1. The predicted molar refractivity (Wildman–Crippen MR) is 158 cm³/mol. The van der Waals surface area contributed by atoms with Crippen molar-refractivity contribution in [1.82, 2.24) is 0 Å². The Bertz CT molecular complexity index is 1490. The van der Waals surface area contributed by atoms with Crippen molar-refractivity contribution in [2.24, 2.45) is 0 Å². The molecule has 0 bridgehead atoms. The van der Waals surface area contributed by atoms with Crippen molar-refractivity contribution in [3.05, 3.63) is 105 Å². The van der Waals surface area contributed by atoms with Crippen LogP contribution in [0.5, 0.6) is 11.5 Å². The molecule has 0 aliphatic rings. The Labute approximate surface area is 246 Å². The molecule has 3 rings (SSSR count). The number of carbonyl (C=O) groups is 4. The molecule has 0 saturated heterocycles. The lowest BCUT2D eigenvalue weighted by Gasteiger charge is -2.14. The van der Waals surface area contributed by atoms with E-state index < -0.39 is 23.9 Å². The number of unbranched alkanes of at least 4 members (excludes halogenated alkanes) is 1. The molecule has 0 saturated carbocycles. The summed E-state index contributed by atoms with van der Waals surface area (Å²) < 4.78 is 21.5. The largest absolute Gasteiger partial charge is 0.463 e. The fourth-order valence-corrected chi connectivity index (χ4v) is 4.13. The fourth-order valence-electron chi connectivity index (χ4n) is 4.13. The van der Waals surface area contributed by atoms with Gasteiger partial charge in [0.2, 0.25) is 0 Å². The summed E-state index contributed by atoms with van der Waals surface area (Å²) in [5.74, 6) is -2.49. The molecular weight excluding hydrogens is 536 g/mol. The van der Waals surface area contributed by atoms with E-state index in [-0.39, 0.29) is 30.3 Å². The van der Waals surface area contributed by atoms with Crippen molar-refractivity contribution in [3.63, 3.8) is 0 Å². The van der Waals surface area contributed by atoms with Crippen molar-refractivity contribution < 1.29 is 38.1 Å². The molecule has 0 aliphatic carbocycles. The third kappa shape index (κ3) is 8.16. The second-order valence-corrected chi connectivity index (χ2v) is 10.1. The Kier molecular flexibility index (Phi) is 10.8. The van der Waals surface area contributed by atoms with Crippen molar-refractivity contribution in [2.45, 2.75) is 54.4 Å². The molecule has 0 amide bonds. The SMILES string of the molecule is C=CC(=O)OCCCCOC(=O)c1cc(OC(=O)c2cc(C)c(C)c(C)c2)ccc1OC(=O)c1cc(C)c(C)c(C)c1. The van der Waals surface area contributed by atoms with Gasteiger partial charge >= 0.3 is 23.9 Å². The highest BCUT2D eigenvalue weighted by atomic mass is 16.6. The van der Waals surface area contributed by atoms with Crippen molar-refractivity contribution in [1.29, 1.82) is 0 Å². The number of hydrogen-bond acceptors (Lipinski definition) is 8. The minimum absolute atomic E-state index is 0.0279. The van der Waals surface area contributed by atoms with Crippen molar-refractivity contribution in [2.75, 3.05) is 13.2 Å². The Morgan fingerprint density at radius 2 is 1.12 bits per heavy atom. The van der Waals surface area contributed by atoms with Crippen LogP contribution in [0.2, 0.25) is 0 Å². The number of carbonyl (C=O) groups excluding carboxylic acids is 4. The van der Waals surface area contributed by atoms with Gasteiger partial charge in [0.1, 0.15) is 17.1 Å². The van der Waals surface area contributed by atoms with Gasteiger partial charge < -0.3 is 18.9 Å². The molecule has 0 radical (unpaired) electrons. The van der Waals surface area contributed by atoms with Crippen molar-refractivity contribution >= 4 is 23.9 Å². The van der Waals surface area contributed by atoms with Gasteiger partial charge in [-0.25, -0.2) is 19.2 Å². The van der Waals surface area contributed by atoms with E-state index in [9.17, 15) is 19.2 Å². The maximum absolute atomic E-state index is 13.1. The molecule has 0 unspecified atom stereocenters. The van der Waals surface area contributed by atoms with Gasteiger partial charge in [0, 0.05) is 6.08 Å². The zero-order valence-electron chi connectivity index (χ0n) is 24.9. The summed E-state index contributed by atoms with van der Waals surface area (Å²) in [5.41, 5.74) is 6.56. The summed E-state index contributed by atoms with van der Waals surface area (Å²) in [6.45, 7) is 15.1. The van der Waals surface area contributed by atoms with E-state index in [4.69, 9.17) is 18.9 Å². The quantitative estimate of drug-likeness (QED) is 0.109. The monoisotopic (exact) mass is 572 g/mol. The number of rotatable bonds is 11. The summed E-state index contributed by atoms with van der Waals surface area (Å²) in [6.07, 6.45) is 1.96. The van der Waals surface area contributed by atoms with Gasteiger partial charge in [-0.3, -0.25) is 0 Å². The van der Waals surface area contributed by atoms with E-state index in [1.807, 2.05) is 41.5 Å². The molecule has 0 fully saturated rings. The highest BCUT2D eigenvalue weighted by Crippen LogP contribution is 2.28. The van der Waals surface area contributed by atoms with Gasteiger partial charge in [-0.15, -0.1) is 0 Å². The molecule has 3 aromatic carbocycles. The molecule has 42 heavy (non-hydrogen) atoms. The van der Waals surface area contributed by atoms with Gasteiger partial charge in [-0.2, -0.15) is 0 Å². The lowest BCUT2D eigenvalue weighted by molar-refractivity contribution is -0.137. The summed E-state index contributed by atoms with van der Waals surface area (Å²) >= 11 is 0. The summed E-state index contributed by atoms with van der Waals surface area (Å²) in [6, 6.07) is 11.1. The van der Waals surface area contributed by atoms with E-state index in [1.54, 1.807) is 24.3 Å². The highest BCUT2D eigenvalue weighted by molar-refractivity contribution is 5.97. The molecule has 0 N–H and O–H groups in total. The predicted octanol–water partition coefficient (Wildman–Crippen LogP) is 6.64. The molecule has 0 atom stereocenters. The zero-order chi connectivity index (χ0) is 31.0. The van der Waals surface area contributed by atoms with Crippen LogP contribution in [0.3, 0.4) is 0 Å². The molecule has 0 aliphatic heterocycles. The van der Waals surface area contributed by atoms with Crippen LogP contribution in [0.1, 0.15) is 77.3 Å². The van der Waals surface area contributed by atoms with Gasteiger partial charge in [0.25, 0.3) is 0 Å². The molecule has 8 nitrogen and oxygen atoms in total. The lowest BCUT2D eigenvalue weighted by Crippen LogP contribution is -2.15. The molecule has 0 spiro atoms. The van der Waals surface area contributed by atoms with E-state index in [1.165, 1.54) is 18.2 Å².